The normalized spacial score (nSPS) is 12.1. The molecule has 0 saturated carbocycles. The Kier molecular flexibility index (Phi) is 3.90. The average Bonchev–Trinajstić information content (AvgIpc) is 2.72. The van der Waals surface area contributed by atoms with Crippen LogP contribution in [0.5, 0.6) is 0 Å². The van der Waals surface area contributed by atoms with Crippen LogP contribution in [-0.4, -0.2) is 20.0 Å². The van der Waals surface area contributed by atoms with Gasteiger partial charge in [0.05, 0.1) is 16.3 Å². The highest BCUT2D eigenvalue weighted by atomic mass is 35.5. The van der Waals surface area contributed by atoms with Gasteiger partial charge in [-0.25, -0.2) is 0 Å². The zero-order valence-corrected chi connectivity index (χ0v) is 11.5. The molecule has 4 nitrogen and oxygen atoms in total. The molecule has 92 valence electrons. The average molecular weight is 279 g/mol. The molecule has 0 fully saturated rings. The Morgan fingerprint density at radius 1 is 1.39 bits per heavy atom. The summed E-state index contributed by atoms with van der Waals surface area (Å²) >= 11 is 7.51. The van der Waals surface area contributed by atoms with Crippen molar-refractivity contribution in [2.75, 3.05) is 0 Å². The maximum atomic E-state index is 8.81. The van der Waals surface area contributed by atoms with Crippen molar-refractivity contribution in [2.24, 2.45) is 7.05 Å². The highest BCUT2D eigenvalue weighted by Gasteiger charge is 2.15. The third kappa shape index (κ3) is 2.50. The second-order valence-corrected chi connectivity index (χ2v) is 5.45. The van der Waals surface area contributed by atoms with Crippen molar-refractivity contribution in [3.8, 4) is 17.5 Å². The molecule has 6 heteroatoms. The molecule has 1 aromatic carbocycles. The van der Waals surface area contributed by atoms with E-state index in [9.17, 15) is 0 Å². The minimum Gasteiger partial charge on any atom is -0.305 e. The fourth-order valence-electron chi connectivity index (χ4n) is 1.48. The minimum absolute atomic E-state index is 0.160. The molecule has 2 aromatic rings. The summed E-state index contributed by atoms with van der Waals surface area (Å²) in [4.78, 5) is 0. The van der Waals surface area contributed by atoms with E-state index in [0.717, 1.165) is 5.56 Å². The van der Waals surface area contributed by atoms with Crippen LogP contribution in [0.3, 0.4) is 0 Å². The molecule has 0 unspecified atom stereocenters. The van der Waals surface area contributed by atoms with Crippen molar-refractivity contribution in [3.63, 3.8) is 0 Å². The summed E-state index contributed by atoms with van der Waals surface area (Å²) in [5, 5.41) is 18.2. The third-order valence-electron chi connectivity index (χ3n) is 2.41. The van der Waals surface area contributed by atoms with Gasteiger partial charge in [0, 0.05) is 12.6 Å². The fraction of sp³-hybridized carbons (Fsp3) is 0.250. The van der Waals surface area contributed by atoms with Gasteiger partial charge in [0.1, 0.15) is 0 Å². The van der Waals surface area contributed by atoms with Crippen LogP contribution in [0, 0.1) is 11.3 Å². The number of halogens is 1. The zero-order valence-electron chi connectivity index (χ0n) is 9.96. The molecule has 0 radical (unpaired) electrons. The minimum atomic E-state index is -0.160. The van der Waals surface area contributed by atoms with E-state index in [-0.39, 0.29) is 5.25 Å². The summed E-state index contributed by atoms with van der Waals surface area (Å²) in [6.45, 7) is 1.83. The van der Waals surface area contributed by atoms with E-state index in [1.165, 1.54) is 11.8 Å². The van der Waals surface area contributed by atoms with Gasteiger partial charge in [-0.3, -0.25) is 0 Å². The third-order valence-corrected chi connectivity index (χ3v) is 3.77. The second-order valence-electron chi connectivity index (χ2n) is 3.73. The van der Waals surface area contributed by atoms with Gasteiger partial charge in [0.25, 0.3) is 0 Å². The maximum Gasteiger partial charge on any atom is 0.192 e. The summed E-state index contributed by atoms with van der Waals surface area (Å²) in [7, 11) is 1.87. The molecule has 0 aliphatic carbocycles. The molecular weight excluding hydrogens is 268 g/mol. The van der Waals surface area contributed by atoms with Crippen LogP contribution in [0.2, 0.25) is 5.02 Å². The summed E-state index contributed by atoms with van der Waals surface area (Å²) in [5.41, 5.74) is 0.839. The lowest BCUT2D eigenvalue weighted by Crippen LogP contribution is -1.98. The van der Waals surface area contributed by atoms with Crippen molar-refractivity contribution < 1.29 is 0 Å². The topological polar surface area (TPSA) is 54.5 Å². The van der Waals surface area contributed by atoms with E-state index in [4.69, 9.17) is 16.9 Å². The van der Waals surface area contributed by atoms with Gasteiger partial charge in [0.2, 0.25) is 0 Å². The standard InChI is InChI=1S/C12H11ClN4S/c1-8(7-14)18-12-16-15-11(17(12)2)9-5-3-4-6-10(9)13/h3-6,8H,1-2H3/t8-/m0/s1. The Balaban J connectivity index is 2.38. The molecular formula is C12H11ClN4S. The SMILES string of the molecule is C[C@@H](C#N)Sc1nnc(-c2ccccc2Cl)n1C. The van der Waals surface area contributed by atoms with E-state index in [1.54, 1.807) is 0 Å². The lowest BCUT2D eigenvalue weighted by atomic mass is 10.2. The van der Waals surface area contributed by atoms with Gasteiger partial charge in [-0.1, -0.05) is 35.5 Å². The van der Waals surface area contributed by atoms with Crippen molar-refractivity contribution in [2.45, 2.75) is 17.3 Å². The predicted molar refractivity (Wildman–Crippen MR) is 72.4 cm³/mol. The van der Waals surface area contributed by atoms with Crippen LogP contribution >= 0.6 is 23.4 Å². The highest BCUT2D eigenvalue weighted by Crippen LogP contribution is 2.29. The predicted octanol–water partition coefficient (Wildman–Crippen LogP) is 3.14. The quantitative estimate of drug-likeness (QED) is 0.810. The van der Waals surface area contributed by atoms with E-state index in [0.29, 0.717) is 16.0 Å². The lowest BCUT2D eigenvalue weighted by Gasteiger charge is -2.05. The molecule has 0 bridgehead atoms. The fourth-order valence-corrected chi connectivity index (χ4v) is 2.40. The molecule has 1 atom stereocenters. The van der Waals surface area contributed by atoms with Crippen LogP contribution in [0.1, 0.15) is 6.92 Å². The second kappa shape index (κ2) is 5.42. The molecule has 0 spiro atoms. The number of nitriles is 1. The molecule has 0 saturated heterocycles. The summed E-state index contributed by atoms with van der Waals surface area (Å²) < 4.78 is 1.85. The van der Waals surface area contributed by atoms with E-state index >= 15 is 0 Å². The molecule has 0 aliphatic rings. The first-order valence-electron chi connectivity index (χ1n) is 5.34. The zero-order chi connectivity index (χ0) is 13.1. The summed E-state index contributed by atoms with van der Waals surface area (Å²) in [6, 6.07) is 9.64. The largest absolute Gasteiger partial charge is 0.305 e. The van der Waals surface area contributed by atoms with Gasteiger partial charge in [-0.05, 0) is 19.1 Å². The summed E-state index contributed by atoms with van der Waals surface area (Å²) in [6.07, 6.45) is 0. The van der Waals surface area contributed by atoms with Gasteiger partial charge in [0.15, 0.2) is 11.0 Å². The van der Waals surface area contributed by atoms with E-state index < -0.39 is 0 Å². The van der Waals surface area contributed by atoms with Crippen molar-refractivity contribution >= 4 is 23.4 Å². The highest BCUT2D eigenvalue weighted by molar-refractivity contribution is 8.00. The van der Waals surface area contributed by atoms with E-state index in [2.05, 4.69) is 16.3 Å². The first kappa shape index (κ1) is 12.9. The Hall–Kier alpha value is -1.51. The molecule has 18 heavy (non-hydrogen) atoms. The Labute approximate surface area is 115 Å². The van der Waals surface area contributed by atoms with Crippen LogP contribution in [0.4, 0.5) is 0 Å². The molecule has 0 N–H and O–H groups in total. The van der Waals surface area contributed by atoms with Gasteiger partial charge in [-0.2, -0.15) is 5.26 Å². The number of rotatable bonds is 3. The number of thioether (sulfide) groups is 1. The number of hydrogen-bond donors (Lipinski definition) is 0. The van der Waals surface area contributed by atoms with Gasteiger partial charge < -0.3 is 4.57 Å². The molecule has 0 aliphatic heterocycles. The smallest absolute Gasteiger partial charge is 0.192 e. The van der Waals surface area contributed by atoms with E-state index in [1.807, 2.05) is 42.8 Å². The molecule has 0 amide bonds. The Morgan fingerprint density at radius 2 is 2.11 bits per heavy atom. The Morgan fingerprint density at radius 3 is 2.78 bits per heavy atom. The van der Waals surface area contributed by atoms with Crippen LogP contribution < -0.4 is 0 Å². The lowest BCUT2D eigenvalue weighted by molar-refractivity contribution is 0.792. The van der Waals surface area contributed by atoms with Gasteiger partial charge in [-0.15, -0.1) is 10.2 Å². The van der Waals surface area contributed by atoms with Gasteiger partial charge >= 0.3 is 0 Å². The van der Waals surface area contributed by atoms with Crippen molar-refractivity contribution in [1.82, 2.24) is 14.8 Å². The first-order chi connectivity index (χ1) is 8.63. The monoisotopic (exact) mass is 278 g/mol. The van der Waals surface area contributed by atoms with Crippen molar-refractivity contribution in [1.29, 1.82) is 5.26 Å². The first-order valence-corrected chi connectivity index (χ1v) is 6.60. The summed E-state index contributed by atoms with van der Waals surface area (Å²) in [5.74, 6) is 0.702. The number of aromatic nitrogens is 3. The molecule has 2 rings (SSSR count). The van der Waals surface area contributed by atoms with Crippen molar-refractivity contribution in [3.05, 3.63) is 29.3 Å². The number of hydrogen-bond acceptors (Lipinski definition) is 4. The maximum absolute atomic E-state index is 8.81. The number of nitrogens with zero attached hydrogens (tertiary/aromatic N) is 4. The number of benzene rings is 1. The van der Waals surface area contributed by atoms with Crippen LogP contribution in [0.15, 0.2) is 29.4 Å². The van der Waals surface area contributed by atoms with Crippen LogP contribution in [-0.2, 0) is 7.05 Å². The van der Waals surface area contributed by atoms with Crippen LogP contribution in [0.25, 0.3) is 11.4 Å². The molecule has 1 aromatic heterocycles. The molecule has 1 heterocycles. The Bertz CT molecular complexity index is 602.